The maximum absolute atomic E-state index is 12.1. The molecule has 0 fully saturated rings. The molecule has 104 valence electrons. The van der Waals surface area contributed by atoms with E-state index in [0.717, 1.165) is 0 Å². The molecule has 2 aromatic rings. The number of carbonyl (C=O) groups is 1. The first-order valence-electron chi connectivity index (χ1n) is 5.74. The number of rotatable bonds is 3. The summed E-state index contributed by atoms with van der Waals surface area (Å²) in [5, 5.41) is 12.3. The van der Waals surface area contributed by atoms with Gasteiger partial charge in [0.1, 0.15) is 11.5 Å². The number of nitrogen functional groups attached to an aromatic ring is 1. The second-order valence-corrected chi connectivity index (χ2v) is 5.24. The molecule has 0 bridgehead atoms. The van der Waals surface area contributed by atoms with Gasteiger partial charge in [-0.3, -0.25) is 4.79 Å². The summed E-state index contributed by atoms with van der Waals surface area (Å²) in [6.07, 6.45) is 0. The summed E-state index contributed by atoms with van der Waals surface area (Å²) >= 11 is 1.99. The Morgan fingerprint density at radius 2 is 2.05 bits per heavy atom. The van der Waals surface area contributed by atoms with E-state index in [1.54, 1.807) is 30.3 Å². The largest absolute Gasteiger partial charge is 0.507 e. The molecular formula is C14H13IN2O3. The van der Waals surface area contributed by atoms with Crippen molar-refractivity contribution >= 4 is 39.9 Å². The molecule has 20 heavy (non-hydrogen) atoms. The van der Waals surface area contributed by atoms with Crippen molar-refractivity contribution in [2.75, 3.05) is 18.2 Å². The Kier molecular flexibility index (Phi) is 4.33. The molecule has 0 radical (unpaired) electrons. The van der Waals surface area contributed by atoms with Gasteiger partial charge in [-0.15, -0.1) is 0 Å². The fourth-order valence-electron chi connectivity index (χ4n) is 1.65. The number of methoxy groups -OCH3 is 1. The van der Waals surface area contributed by atoms with E-state index in [4.69, 9.17) is 10.5 Å². The summed E-state index contributed by atoms with van der Waals surface area (Å²) in [7, 11) is 1.51. The highest BCUT2D eigenvalue weighted by atomic mass is 127. The second kappa shape index (κ2) is 6.00. The summed E-state index contributed by atoms with van der Waals surface area (Å²) in [5.41, 5.74) is 7.15. The van der Waals surface area contributed by atoms with Crippen LogP contribution in [0.25, 0.3) is 0 Å². The van der Waals surface area contributed by atoms with Gasteiger partial charge in [0.15, 0.2) is 0 Å². The Morgan fingerprint density at radius 1 is 1.30 bits per heavy atom. The number of aromatic hydroxyl groups is 1. The SMILES string of the molecule is COc1cc(NC(=O)c2ccc(I)c(O)c2)ccc1N. The van der Waals surface area contributed by atoms with Gasteiger partial charge in [0, 0.05) is 17.3 Å². The molecule has 4 N–H and O–H groups in total. The van der Waals surface area contributed by atoms with Crippen LogP contribution in [-0.4, -0.2) is 18.1 Å². The minimum absolute atomic E-state index is 0.0770. The molecule has 5 nitrogen and oxygen atoms in total. The molecule has 0 aliphatic heterocycles. The fourth-order valence-corrected chi connectivity index (χ4v) is 1.98. The summed E-state index contributed by atoms with van der Waals surface area (Å²) in [4.78, 5) is 12.1. The predicted molar refractivity (Wildman–Crippen MR) is 86.2 cm³/mol. The van der Waals surface area contributed by atoms with E-state index < -0.39 is 0 Å². The van der Waals surface area contributed by atoms with Crippen LogP contribution in [0.3, 0.4) is 0 Å². The number of anilines is 2. The van der Waals surface area contributed by atoms with Crippen LogP contribution >= 0.6 is 22.6 Å². The second-order valence-electron chi connectivity index (χ2n) is 4.08. The van der Waals surface area contributed by atoms with Gasteiger partial charge in [-0.2, -0.15) is 0 Å². The zero-order chi connectivity index (χ0) is 14.7. The third-order valence-electron chi connectivity index (χ3n) is 2.70. The van der Waals surface area contributed by atoms with E-state index in [1.807, 2.05) is 22.6 Å². The topological polar surface area (TPSA) is 84.6 Å². The maximum Gasteiger partial charge on any atom is 0.255 e. The van der Waals surface area contributed by atoms with Crippen molar-refractivity contribution in [3.63, 3.8) is 0 Å². The van der Waals surface area contributed by atoms with Crippen LogP contribution in [0.5, 0.6) is 11.5 Å². The molecule has 2 rings (SSSR count). The molecule has 0 aliphatic carbocycles. The minimum atomic E-state index is -0.316. The Bertz CT molecular complexity index is 659. The minimum Gasteiger partial charge on any atom is -0.507 e. The van der Waals surface area contributed by atoms with Gasteiger partial charge < -0.3 is 20.9 Å². The van der Waals surface area contributed by atoms with Crippen molar-refractivity contribution in [2.45, 2.75) is 0 Å². The molecule has 0 heterocycles. The fraction of sp³-hybridized carbons (Fsp3) is 0.0714. The molecule has 2 aromatic carbocycles. The summed E-state index contributed by atoms with van der Waals surface area (Å²) < 4.78 is 5.78. The monoisotopic (exact) mass is 384 g/mol. The first kappa shape index (κ1) is 14.4. The number of amides is 1. The summed E-state index contributed by atoms with van der Waals surface area (Å²) in [6, 6.07) is 9.72. The number of phenols is 1. The zero-order valence-electron chi connectivity index (χ0n) is 10.7. The lowest BCUT2D eigenvalue weighted by molar-refractivity contribution is 0.102. The van der Waals surface area contributed by atoms with E-state index in [1.165, 1.54) is 13.2 Å². The van der Waals surface area contributed by atoms with E-state index in [-0.39, 0.29) is 11.7 Å². The standard InChI is InChI=1S/C14H13IN2O3/c1-20-13-7-9(3-5-11(13)16)17-14(19)8-2-4-10(15)12(18)6-8/h2-7,18H,16H2,1H3,(H,17,19). The quantitative estimate of drug-likeness (QED) is 0.561. The summed E-state index contributed by atoms with van der Waals surface area (Å²) in [6.45, 7) is 0. The molecule has 0 aromatic heterocycles. The van der Waals surface area contributed by atoms with Crippen LogP contribution in [0.15, 0.2) is 36.4 Å². The van der Waals surface area contributed by atoms with Gasteiger partial charge in [0.05, 0.1) is 16.4 Å². The Morgan fingerprint density at radius 3 is 2.70 bits per heavy atom. The predicted octanol–water partition coefficient (Wildman–Crippen LogP) is 2.84. The molecule has 0 aliphatic rings. The number of hydrogen-bond donors (Lipinski definition) is 3. The van der Waals surface area contributed by atoms with Crippen LogP contribution in [0.2, 0.25) is 0 Å². The third kappa shape index (κ3) is 3.13. The maximum atomic E-state index is 12.1. The summed E-state index contributed by atoms with van der Waals surface area (Å²) in [5.74, 6) is 0.255. The molecule has 0 spiro atoms. The normalized spacial score (nSPS) is 10.1. The van der Waals surface area contributed by atoms with Crippen molar-refractivity contribution in [1.82, 2.24) is 0 Å². The highest BCUT2D eigenvalue weighted by Crippen LogP contribution is 2.26. The van der Waals surface area contributed by atoms with Crippen molar-refractivity contribution < 1.29 is 14.6 Å². The average Bonchev–Trinajstić information content (AvgIpc) is 2.43. The molecular weight excluding hydrogens is 371 g/mol. The van der Waals surface area contributed by atoms with Crippen LogP contribution < -0.4 is 15.8 Å². The highest BCUT2D eigenvalue weighted by molar-refractivity contribution is 14.1. The van der Waals surface area contributed by atoms with Crippen molar-refractivity contribution in [3.8, 4) is 11.5 Å². The van der Waals surface area contributed by atoms with Crippen molar-refractivity contribution in [3.05, 3.63) is 45.5 Å². The van der Waals surface area contributed by atoms with E-state index in [9.17, 15) is 9.90 Å². The Hall–Kier alpha value is -1.96. The number of nitrogens with one attached hydrogen (secondary N) is 1. The molecule has 0 unspecified atom stereocenters. The zero-order valence-corrected chi connectivity index (χ0v) is 12.8. The first-order chi connectivity index (χ1) is 9.51. The van der Waals surface area contributed by atoms with Gasteiger partial charge in [-0.05, 0) is 52.9 Å². The lowest BCUT2D eigenvalue weighted by Gasteiger charge is -2.09. The van der Waals surface area contributed by atoms with Gasteiger partial charge in [-0.25, -0.2) is 0 Å². The number of phenolic OH excluding ortho intramolecular Hbond substituents is 1. The molecule has 0 saturated carbocycles. The number of carbonyl (C=O) groups excluding carboxylic acids is 1. The lowest BCUT2D eigenvalue weighted by atomic mass is 10.2. The number of nitrogens with two attached hydrogens (primary N) is 1. The Labute approximate surface area is 129 Å². The molecule has 1 amide bonds. The first-order valence-corrected chi connectivity index (χ1v) is 6.82. The van der Waals surface area contributed by atoms with Crippen LogP contribution in [0, 0.1) is 3.57 Å². The average molecular weight is 384 g/mol. The van der Waals surface area contributed by atoms with Crippen LogP contribution in [0.4, 0.5) is 11.4 Å². The smallest absolute Gasteiger partial charge is 0.255 e. The van der Waals surface area contributed by atoms with E-state index in [0.29, 0.717) is 26.3 Å². The van der Waals surface area contributed by atoms with E-state index >= 15 is 0 Å². The van der Waals surface area contributed by atoms with Crippen LogP contribution in [0.1, 0.15) is 10.4 Å². The molecule has 0 atom stereocenters. The third-order valence-corrected chi connectivity index (χ3v) is 3.61. The lowest BCUT2D eigenvalue weighted by Crippen LogP contribution is -2.12. The van der Waals surface area contributed by atoms with Crippen LogP contribution in [-0.2, 0) is 0 Å². The number of hydrogen-bond acceptors (Lipinski definition) is 4. The van der Waals surface area contributed by atoms with Gasteiger partial charge >= 0.3 is 0 Å². The Balaban J connectivity index is 2.21. The van der Waals surface area contributed by atoms with Crippen molar-refractivity contribution in [2.24, 2.45) is 0 Å². The van der Waals surface area contributed by atoms with Gasteiger partial charge in [0.2, 0.25) is 0 Å². The molecule has 6 heteroatoms. The van der Waals surface area contributed by atoms with Crippen molar-refractivity contribution in [1.29, 1.82) is 0 Å². The highest BCUT2D eigenvalue weighted by Gasteiger charge is 2.10. The molecule has 0 saturated heterocycles. The number of benzene rings is 2. The van der Waals surface area contributed by atoms with Gasteiger partial charge in [-0.1, -0.05) is 0 Å². The van der Waals surface area contributed by atoms with E-state index in [2.05, 4.69) is 5.32 Å². The van der Waals surface area contributed by atoms with Gasteiger partial charge in [0.25, 0.3) is 5.91 Å². The number of halogens is 1. The number of ether oxygens (including phenoxy) is 1.